The number of nitrogens with two attached hydrogens (primary N) is 2. The first-order valence-corrected chi connectivity index (χ1v) is 4.66. The molecule has 7 nitrogen and oxygen atoms in total. The highest BCUT2D eigenvalue weighted by molar-refractivity contribution is 5.45. The molecular weight excluding hydrogens is 212 g/mol. The van der Waals surface area contributed by atoms with E-state index in [9.17, 15) is 5.11 Å². The third kappa shape index (κ3) is 1.77. The molecule has 1 aliphatic rings. The van der Waals surface area contributed by atoms with Crippen LogP contribution in [0.3, 0.4) is 0 Å². The fourth-order valence-electron chi connectivity index (χ4n) is 1.49. The lowest BCUT2D eigenvalue weighted by molar-refractivity contribution is 0.00600. The maximum atomic E-state index is 9.44. The van der Waals surface area contributed by atoms with Crippen LogP contribution >= 0.6 is 0 Å². The number of ether oxygens (including phenoxy) is 1. The third-order valence-corrected chi connectivity index (χ3v) is 2.30. The molecule has 0 amide bonds. The van der Waals surface area contributed by atoms with E-state index >= 15 is 0 Å². The van der Waals surface area contributed by atoms with Gasteiger partial charge in [0.15, 0.2) is 0 Å². The maximum Gasteiger partial charge on any atom is 0.221 e. The van der Waals surface area contributed by atoms with Crippen LogP contribution in [0.25, 0.3) is 0 Å². The van der Waals surface area contributed by atoms with Crippen LogP contribution in [0, 0.1) is 0 Å². The summed E-state index contributed by atoms with van der Waals surface area (Å²) in [5, 5.41) is 18.3. The SMILES string of the molecule is Nc1ncc([C@H]2C=C(O)[C@@H](CO)O2)c(N)n1. The average molecular weight is 224 g/mol. The normalized spacial score (nSPS) is 24.4. The first-order chi connectivity index (χ1) is 7.61. The molecule has 0 unspecified atom stereocenters. The predicted octanol–water partition coefficient (Wildman–Crippen LogP) is -0.485. The van der Waals surface area contributed by atoms with Gasteiger partial charge < -0.3 is 26.4 Å². The fraction of sp³-hybridized carbons (Fsp3) is 0.333. The molecule has 1 aromatic rings. The molecule has 1 aromatic heterocycles. The summed E-state index contributed by atoms with van der Waals surface area (Å²) in [6.45, 7) is -0.297. The van der Waals surface area contributed by atoms with E-state index in [2.05, 4.69) is 9.97 Å². The molecule has 16 heavy (non-hydrogen) atoms. The molecule has 0 aromatic carbocycles. The van der Waals surface area contributed by atoms with E-state index in [4.69, 9.17) is 21.3 Å². The van der Waals surface area contributed by atoms with E-state index < -0.39 is 12.2 Å². The Morgan fingerprint density at radius 3 is 2.75 bits per heavy atom. The van der Waals surface area contributed by atoms with Gasteiger partial charge in [0.25, 0.3) is 0 Å². The highest BCUT2D eigenvalue weighted by Crippen LogP contribution is 2.32. The van der Waals surface area contributed by atoms with Crippen LogP contribution in [0.4, 0.5) is 11.8 Å². The Balaban J connectivity index is 2.27. The van der Waals surface area contributed by atoms with Crippen LogP contribution in [0.15, 0.2) is 18.0 Å². The lowest BCUT2D eigenvalue weighted by Gasteiger charge is -2.13. The maximum absolute atomic E-state index is 9.44. The minimum absolute atomic E-state index is 0.0243. The molecule has 86 valence electrons. The zero-order valence-corrected chi connectivity index (χ0v) is 8.37. The molecule has 0 spiro atoms. The minimum atomic E-state index is -0.720. The lowest BCUT2D eigenvalue weighted by atomic mass is 10.2. The summed E-state index contributed by atoms with van der Waals surface area (Å²) in [6, 6.07) is 0. The van der Waals surface area contributed by atoms with Gasteiger partial charge in [0, 0.05) is 11.8 Å². The fourth-order valence-corrected chi connectivity index (χ4v) is 1.49. The highest BCUT2D eigenvalue weighted by atomic mass is 16.5. The van der Waals surface area contributed by atoms with E-state index in [1.807, 2.05) is 0 Å². The topological polar surface area (TPSA) is 128 Å². The van der Waals surface area contributed by atoms with E-state index in [1.165, 1.54) is 12.3 Å². The lowest BCUT2D eigenvalue weighted by Crippen LogP contribution is -2.16. The van der Waals surface area contributed by atoms with Crippen molar-refractivity contribution in [3.05, 3.63) is 23.6 Å². The predicted molar refractivity (Wildman–Crippen MR) is 56.3 cm³/mol. The number of nitrogens with zero attached hydrogens (tertiary/aromatic N) is 2. The molecule has 2 atom stereocenters. The van der Waals surface area contributed by atoms with Crippen LogP contribution < -0.4 is 11.5 Å². The number of hydrogen-bond donors (Lipinski definition) is 4. The summed E-state index contributed by atoms with van der Waals surface area (Å²) in [4.78, 5) is 7.58. The number of nitrogen functional groups attached to an aromatic ring is 2. The van der Waals surface area contributed by atoms with Crippen LogP contribution in [0.1, 0.15) is 11.7 Å². The number of aromatic nitrogens is 2. The Hall–Kier alpha value is -1.86. The molecule has 0 fully saturated rings. The second-order valence-electron chi connectivity index (χ2n) is 3.39. The van der Waals surface area contributed by atoms with Gasteiger partial charge >= 0.3 is 0 Å². The van der Waals surface area contributed by atoms with Crippen molar-refractivity contribution in [3.8, 4) is 0 Å². The Bertz CT molecular complexity index is 435. The number of rotatable bonds is 2. The summed E-state index contributed by atoms with van der Waals surface area (Å²) in [5.74, 6) is 0.245. The van der Waals surface area contributed by atoms with Crippen LogP contribution in [-0.4, -0.2) is 32.9 Å². The molecule has 0 aliphatic carbocycles. The smallest absolute Gasteiger partial charge is 0.221 e. The standard InChI is InChI=1S/C9H12N4O3/c10-8-4(2-12-9(11)13-8)6-1-5(15)7(3-14)16-6/h1-2,6-7,14-15H,3H2,(H4,10,11,12,13)/t6-,7-/m1/s1. The summed E-state index contributed by atoms with van der Waals surface area (Å²) >= 11 is 0. The third-order valence-electron chi connectivity index (χ3n) is 2.30. The van der Waals surface area contributed by atoms with Gasteiger partial charge in [0.05, 0.1) is 6.61 Å². The van der Waals surface area contributed by atoms with Crippen molar-refractivity contribution in [2.24, 2.45) is 0 Å². The molecule has 0 saturated carbocycles. The average Bonchev–Trinajstić information content (AvgIpc) is 2.59. The van der Waals surface area contributed by atoms with Crippen molar-refractivity contribution in [1.82, 2.24) is 9.97 Å². The van der Waals surface area contributed by atoms with Gasteiger partial charge in [-0.1, -0.05) is 0 Å². The van der Waals surface area contributed by atoms with Crippen molar-refractivity contribution in [2.75, 3.05) is 18.1 Å². The Morgan fingerprint density at radius 2 is 2.19 bits per heavy atom. The van der Waals surface area contributed by atoms with Crippen molar-refractivity contribution < 1.29 is 14.9 Å². The van der Waals surface area contributed by atoms with Crippen LogP contribution in [0.2, 0.25) is 0 Å². The Kier molecular flexibility index (Phi) is 2.63. The molecule has 0 saturated heterocycles. The number of aliphatic hydroxyl groups is 2. The Labute approximate surface area is 91.4 Å². The zero-order valence-electron chi connectivity index (χ0n) is 8.37. The first-order valence-electron chi connectivity index (χ1n) is 4.66. The molecule has 0 bridgehead atoms. The van der Waals surface area contributed by atoms with Gasteiger partial charge in [-0.15, -0.1) is 0 Å². The highest BCUT2D eigenvalue weighted by Gasteiger charge is 2.29. The van der Waals surface area contributed by atoms with Gasteiger partial charge in [-0.25, -0.2) is 4.98 Å². The second-order valence-corrected chi connectivity index (χ2v) is 3.39. The summed E-state index contributed by atoms with van der Waals surface area (Å²) in [5.41, 5.74) is 11.5. The van der Waals surface area contributed by atoms with Crippen molar-refractivity contribution in [3.63, 3.8) is 0 Å². The first kappa shape index (κ1) is 10.7. The molecule has 2 heterocycles. The van der Waals surface area contributed by atoms with Crippen LogP contribution in [0.5, 0.6) is 0 Å². The van der Waals surface area contributed by atoms with E-state index in [-0.39, 0.29) is 24.1 Å². The van der Waals surface area contributed by atoms with Gasteiger partial charge in [0.1, 0.15) is 23.8 Å². The van der Waals surface area contributed by atoms with Gasteiger partial charge in [0.2, 0.25) is 5.95 Å². The van der Waals surface area contributed by atoms with Crippen molar-refractivity contribution in [1.29, 1.82) is 0 Å². The zero-order chi connectivity index (χ0) is 11.7. The largest absolute Gasteiger partial charge is 0.510 e. The quantitative estimate of drug-likeness (QED) is 0.533. The van der Waals surface area contributed by atoms with Crippen molar-refractivity contribution >= 4 is 11.8 Å². The van der Waals surface area contributed by atoms with Gasteiger partial charge in [-0.2, -0.15) is 4.98 Å². The summed E-state index contributed by atoms with van der Waals surface area (Å²) < 4.78 is 5.34. The van der Waals surface area contributed by atoms with E-state index in [1.54, 1.807) is 0 Å². The van der Waals surface area contributed by atoms with E-state index in [0.717, 1.165) is 0 Å². The number of hydrogen-bond acceptors (Lipinski definition) is 7. The molecular formula is C9H12N4O3. The number of aliphatic hydroxyl groups excluding tert-OH is 2. The van der Waals surface area contributed by atoms with Gasteiger partial charge in [-0.05, 0) is 6.08 Å². The monoisotopic (exact) mass is 224 g/mol. The number of anilines is 2. The van der Waals surface area contributed by atoms with E-state index in [0.29, 0.717) is 5.56 Å². The molecule has 1 aliphatic heterocycles. The molecule has 7 heteroatoms. The summed E-state index contributed by atoms with van der Waals surface area (Å²) in [6.07, 6.45) is 1.61. The minimum Gasteiger partial charge on any atom is -0.510 e. The molecule has 2 rings (SSSR count). The van der Waals surface area contributed by atoms with Crippen LogP contribution in [-0.2, 0) is 4.74 Å². The Morgan fingerprint density at radius 1 is 1.44 bits per heavy atom. The molecule has 6 N–H and O–H groups in total. The van der Waals surface area contributed by atoms with Gasteiger partial charge in [-0.3, -0.25) is 0 Å². The second kappa shape index (κ2) is 3.95. The summed E-state index contributed by atoms with van der Waals surface area (Å²) in [7, 11) is 0. The van der Waals surface area contributed by atoms with Crippen molar-refractivity contribution in [2.45, 2.75) is 12.2 Å². The molecule has 0 radical (unpaired) electrons.